The fourth-order valence-corrected chi connectivity index (χ4v) is 4.00. The number of hydrogen-bond donors (Lipinski definition) is 0. The first-order valence-corrected chi connectivity index (χ1v) is 8.16. The Balaban J connectivity index is 2.43. The van der Waals surface area contributed by atoms with Crippen molar-refractivity contribution in [1.82, 2.24) is 0 Å². The van der Waals surface area contributed by atoms with Crippen LogP contribution in [0.25, 0.3) is 0 Å². The highest BCUT2D eigenvalue weighted by Gasteiger charge is 2.42. The van der Waals surface area contributed by atoms with Crippen molar-refractivity contribution >= 4 is 29.0 Å². The highest BCUT2D eigenvalue weighted by Crippen LogP contribution is 2.48. The summed E-state index contributed by atoms with van der Waals surface area (Å²) in [5, 5.41) is 1.01. The molecule has 0 aliphatic heterocycles. The van der Waals surface area contributed by atoms with Gasteiger partial charge in [0.1, 0.15) is 0 Å². The van der Waals surface area contributed by atoms with Crippen molar-refractivity contribution in [3.8, 4) is 0 Å². The fraction of sp³-hybridized carbons (Fsp3) is 0.150. The van der Waals surface area contributed by atoms with Crippen molar-refractivity contribution in [1.29, 1.82) is 0 Å². The van der Waals surface area contributed by atoms with Crippen LogP contribution in [0.15, 0.2) is 61.7 Å². The summed E-state index contributed by atoms with van der Waals surface area (Å²) in [6, 6.07) is 11.1. The van der Waals surface area contributed by atoms with Crippen LogP contribution in [-0.4, -0.2) is 5.78 Å². The summed E-state index contributed by atoms with van der Waals surface area (Å²) in [6.07, 6.45) is 5.13. The highest BCUT2D eigenvalue weighted by atomic mass is 35.5. The van der Waals surface area contributed by atoms with Crippen LogP contribution in [0.4, 0.5) is 0 Å². The third-order valence-electron chi connectivity index (χ3n) is 4.48. The van der Waals surface area contributed by atoms with E-state index in [1.165, 1.54) is 0 Å². The number of halogens is 2. The Bertz CT molecular complexity index is 810. The first-order valence-electron chi connectivity index (χ1n) is 7.40. The SMILES string of the molecule is C=CCC1(CC=C)c2ccc(Cl)cc2C(=O)c2c(Cl)cccc21. The summed E-state index contributed by atoms with van der Waals surface area (Å²) >= 11 is 12.5. The Morgan fingerprint density at radius 1 is 1.00 bits per heavy atom. The standard InChI is InChI=1S/C20H16Cl2O/c1-3-10-20(11-4-2)15-9-8-13(21)12-14(15)19(23)18-16(20)6-5-7-17(18)22/h3-9,12H,1-2,10-11H2. The van der Waals surface area contributed by atoms with Gasteiger partial charge in [-0.05, 0) is 42.2 Å². The number of carbonyl (C=O) groups is 1. The summed E-state index contributed by atoms with van der Waals surface area (Å²) in [4.78, 5) is 13.0. The first-order chi connectivity index (χ1) is 11.0. The largest absolute Gasteiger partial charge is 0.289 e. The minimum Gasteiger partial charge on any atom is -0.289 e. The summed E-state index contributed by atoms with van der Waals surface area (Å²) < 4.78 is 0. The molecule has 0 unspecified atom stereocenters. The molecule has 0 amide bonds. The van der Waals surface area contributed by atoms with Gasteiger partial charge < -0.3 is 0 Å². The summed E-state index contributed by atoms with van der Waals surface area (Å²) in [5.41, 5.74) is 2.68. The van der Waals surface area contributed by atoms with Crippen LogP contribution in [0.5, 0.6) is 0 Å². The van der Waals surface area contributed by atoms with E-state index in [9.17, 15) is 4.79 Å². The van der Waals surface area contributed by atoms with Crippen LogP contribution in [0, 0.1) is 0 Å². The first kappa shape index (κ1) is 16.0. The number of rotatable bonds is 4. The minimum atomic E-state index is -0.391. The maximum absolute atomic E-state index is 13.0. The lowest BCUT2D eigenvalue weighted by atomic mass is 9.63. The Morgan fingerprint density at radius 3 is 2.35 bits per heavy atom. The zero-order valence-electron chi connectivity index (χ0n) is 12.6. The second kappa shape index (κ2) is 5.99. The van der Waals surface area contributed by atoms with Gasteiger partial charge in [0.2, 0.25) is 0 Å². The van der Waals surface area contributed by atoms with Crippen LogP contribution in [0.3, 0.4) is 0 Å². The number of benzene rings is 2. The zero-order valence-corrected chi connectivity index (χ0v) is 14.1. The Hall–Kier alpha value is -1.83. The second-order valence-electron chi connectivity index (χ2n) is 5.75. The fourth-order valence-electron chi connectivity index (χ4n) is 3.57. The number of carbonyl (C=O) groups excluding carboxylic acids is 1. The number of ketones is 1. The molecule has 0 saturated carbocycles. The van der Waals surface area contributed by atoms with E-state index in [4.69, 9.17) is 23.2 Å². The summed E-state index contributed by atoms with van der Waals surface area (Å²) in [5.74, 6) is -0.0770. The van der Waals surface area contributed by atoms with Crippen molar-refractivity contribution in [2.45, 2.75) is 18.3 Å². The van der Waals surface area contributed by atoms with Crippen molar-refractivity contribution in [3.05, 3.63) is 94.0 Å². The average Bonchev–Trinajstić information content (AvgIpc) is 2.53. The van der Waals surface area contributed by atoms with Crippen LogP contribution in [0.1, 0.15) is 39.9 Å². The van der Waals surface area contributed by atoms with E-state index in [2.05, 4.69) is 13.2 Å². The molecule has 3 rings (SSSR count). The van der Waals surface area contributed by atoms with Gasteiger partial charge in [-0.25, -0.2) is 0 Å². The second-order valence-corrected chi connectivity index (χ2v) is 6.59. The molecule has 2 aromatic rings. The quantitative estimate of drug-likeness (QED) is 0.625. The predicted octanol–water partition coefficient (Wildman–Crippen LogP) is 5.98. The topological polar surface area (TPSA) is 17.1 Å². The Morgan fingerprint density at radius 2 is 1.70 bits per heavy atom. The molecule has 1 aliphatic carbocycles. The maximum Gasteiger partial charge on any atom is 0.195 e. The van der Waals surface area contributed by atoms with Gasteiger partial charge in [0.15, 0.2) is 5.78 Å². The van der Waals surface area contributed by atoms with Gasteiger partial charge in [-0.1, -0.05) is 53.6 Å². The molecule has 0 aromatic heterocycles. The lowest BCUT2D eigenvalue weighted by molar-refractivity contribution is 0.103. The molecule has 1 aliphatic rings. The van der Waals surface area contributed by atoms with E-state index in [0.29, 0.717) is 34.0 Å². The van der Waals surface area contributed by atoms with E-state index in [-0.39, 0.29) is 5.78 Å². The monoisotopic (exact) mass is 342 g/mol. The molecule has 0 radical (unpaired) electrons. The van der Waals surface area contributed by atoms with Gasteiger partial charge in [-0.15, -0.1) is 13.2 Å². The molecule has 0 bridgehead atoms. The Kier molecular flexibility index (Phi) is 4.18. The van der Waals surface area contributed by atoms with Gasteiger partial charge in [-0.2, -0.15) is 0 Å². The summed E-state index contributed by atoms with van der Waals surface area (Å²) in [7, 11) is 0. The predicted molar refractivity (Wildman–Crippen MR) is 96.7 cm³/mol. The van der Waals surface area contributed by atoms with E-state index in [0.717, 1.165) is 11.1 Å². The molecule has 2 aromatic carbocycles. The third kappa shape index (κ3) is 2.36. The lowest BCUT2D eigenvalue weighted by Gasteiger charge is -2.39. The zero-order chi connectivity index (χ0) is 16.6. The van der Waals surface area contributed by atoms with Gasteiger partial charge in [0.05, 0.1) is 5.02 Å². The van der Waals surface area contributed by atoms with Crippen LogP contribution in [0.2, 0.25) is 10.0 Å². The van der Waals surface area contributed by atoms with Crippen molar-refractivity contribution in [2.75, 3.05) is 0 Å². The maximum atomic E-state index is 13.0. The number of hydrogen-bond acceptors (Lipinski definition) is 1. The molecule has 23 heavy (non-hydrogen) atoms. The molecule has 0 heterocycles. The van der Waals surface area contributed by atoms with Gasteiger partial charge in [-0.3, -0.25) is 4.79 Å². The molecule has 0 saturated heterocycles. The molecule has 0 N–H and O–H groups in total. The minimum absolute atomic E-state index is 0.0770. The van der Waals surface area contributed by atoms with Crippen molar-refractivity contribution in [3.63, 3.8) is 0 Å². The van der Waals surface area contributed by atoms with E-state index >= 15 is 0 Å². The lowest BCUT2D eigenvalue weighted by Crippen LogP contribution is -2.35. The van der Waals surface area contributed by atoms with Crippen LogP contribution in [-0.2, 0) is 5.41 Å². The smallest absolute Gasteiger partial charge is 0.195 e. The normalized spacial score (nSPS) is 14.8. The molecule has 0 fully saturated rings. The van der Waals surface area contributed by atoms with E-state index in [1.807, 2.05) is 36.4 Å². The van der Waals surface area contributed by atoms with Gasteiger partial charge in [0.25, 0.3) is 0 Å². The van der Waals surface area contributed by atoms with E-state index in [1.54, 1.807) is 12.1 Å². The average molecular weight is 343 g/mol. The summed E-state index contributed by atoms with van der Waals surface area (Å²) in [6.45, 7) is 7.82. The molecular weight excluding hydrogens is 327 g/mol. The highest BCUT2D eigenvalue weighted by molar-refractivity contribution is 6.36. The van der Waals surface area contributed by atoms with E-state index < -0.39 is 5.41 Å². The van der Waals surface area contributed by atoms with Gasteiger partial charge >= 0.3 is 0 Å². The van der Waals surface area contributed by atoms with Crippen molar-refractivity contribution < 1.29 is 4.79 Å². The van der Waals surface area contributed by atoms with Crippen molar-refractivity contribution in [2.24, 2.45) is 0 Å². The number of allylic oxidation sites excluding steroid dienone is 2. The molecule has 116 valence electrons. The van der Waals surface area contributed by atoms with Crippen LogP contribution >= 0.6 is 23.2 Å². The molecule has 3 heteroatoms. The number of fused-ring (bicyclic) bond motifs is 2. The third-order valence-corrected chi connectivity index (χ3v) is 5.03. The molecule has 0 atom stereocenters. The molecule has 0 spiro atoms. The molecule has 1 nitrogen and oxygen atoms in total. The van der Waals surface area contributed by atoms with Crippen LogP contribution < -0.4 is 0 Å². The van der Waals surface area contributed by atoms with Gasteiger partial charge in [0, 0.05) is 21.6 Å². The molecular formula is C20H16Cl2O. The Labute approximate surface area is 146 Å².